The molecule has 0 saturated carbocycles. The van der Waals surface area contributed by atoms with E-state index in [2.05, 4.69) is 20.3 Å². The van der Waals surface area contributed by atoms with Crippen LogP contribution in [-0.4, -0.2) is 58.5 Å². The first-order valence-electron chi connectivity index (χ1n) is 10.5. The minimum Gasteiger partial charge on any atom is -0.468 e. The maximum Gasteiger partial charge on any atom is 0.322 e. The lowest BCUT2D eigenvalue weighted by Gasteiger charge is -2.18. The molecule has 2 atom stereocenters. The maximum atomic E-state index is 13.9. The van der Waals surface area contributed by atoms with E-state index >= 15 is 0 Å². The number of carbonyl (C=O) groups excluding carboxylic acids is 1. The van der Waals surface area contributed by atoms with Gasteiger partial charge in [0.25, 0.3) is 0 Å². The van der Waals surface area contributed by atoms with Crippen LogP contribution in [0.3, 0.4) is 0 Å². The number of hydrogen-bond acceptors (Lipinski definition) is 8. The number of fused-ring (bicyclic) bond motifs is 1. The summed E-state index contributed by atoms with van der Waals surface area (Å²) in [5.74, 6) is -1.06. The summed E-state index contributed by atoms with van der Waals surface area (Å²) < 4.78 is 24.2. The Balaban J connectivity index is 1.41. The summed E-state index contributed by atoms with van der Waals surface area (Å²) in [7, 11) is 1.28. The quantitative estimate of drug-likeness (QED) is 0.303. The molecule has 0 aliphatic carbocycles. The Bertz CT molecular complexity index is 1050. The molecule has 8 nitrogen and oxygen atoms in total. The van der Waals surface area contributed by atoms with E-state index in [0.717, 1.165) is 17.3 Å². The predicted octanol–water partition coefficient (Wildman–Crippen LogP) is 2.85. The van der Waals surface area contributed by atoms with E-state index < -0.39 is 23.9 Å². The van der Waals surface area contributed by atoms with Crippen LogP contribution in [0.1, 0.15) is 24.1 Å². The zero-order valence-electron chi connectivity index (χ0n) is 18.2. The second kappa shape index (κ2) is 12.5. The molecule has 176 valence electrons. The van der Waals surface area contributed by atoms with Gasteiger partial charge in [0, 0.05) is 42.2 Å². The average Bonchev–Trinajstić information content (AvgIpc) is 2.83. The van der Waals surface area contributed by atoms with Crippen LogP contribution in [0, 0.1) is 5.82 Å². The van der Waals surface area contributed by atoms with Crippen LogP contribution >= 0.6 is 11.6 Å². The van der Waals surface area contributed by atoms with Crippen molar-refractivity contribution in [2.75, 3.05) is 20.3 Å². The van der Waals surface area contributed by atoms with Crippen LogP contribution in [0.25, 0.3) is 11.0 Å². The maximum absolute atomic E-state index is 13.9. The van der Waals surface area contributed by atoms with Gasteiger partial charge >= 0.3 is 5.97 Å². The monoisotopic (exact) mass is 476 g/mol. The zero-order chi connectivity index (χ0) is 23.6. The minimum absolute atomic E-state index is 0.0309. The van der Waals surface area contributed by atoms with Gasteiger partial charge in [-0.25, -0.2) is 14.4 Å². The number of aliphatic hydroxyl groups is 1. The largest absolute Gasteiger partial charge is 0.468 e. The Kier molecular flexibility index (Phi) is 9.44. The highest BCUT2D eigenvalue weighted by atomic mass is 35.5. The number of aryl methyl sites for hydroxylation is 1. The number of nitrogens with zero attached hydrogens (tertiary/aromatic N) is 3. The van der Waals surface area contributed by atoms with Crippen LogP contribution < -0.4 is 5.32 Å². The molecule has 0 unspecified atom stereocenters. The topological polar surface area (TPSA) is 106 Å². The first-order valence-corrected chi connectivity index (χ1v) is 10.9. The summed E-state index contributed by atoms with van der Waals surface area (Å²) in [6.07, 6.45) is 4.75. The average molecular weight is 477 g/mol. The summed E-state index contributed by atoms with van der Waals surface area (Å²) in [5, 5.41) is 14.3. The Morgan fingerprint density at radius 1 is 1.27 bits per heavy atom. The van der Waals surface area contributed by atoms with Gasteiger partial charge < -0.3 is 19.9 Å². The van der Waals surface area contributed by atoms with Gasteiger partial charge in [0.15, 0.2) is 5.65 Å². The van der Waals surface area contributed by atoms with Crippen LogP contribution in [0.15, 0.2) is 42.9 Å². The van der Waals surface area contributed by atoms with Gasteiger partial charge in [0.2, 0.25) is 0 Å². The number of aromatic nitrogens is 3. The van der Waals surface area contributed by atoms with Crippen molar-refractivity contribution in [2.24, 2.45) is 0 Å². The fourth-order valence-electron chi connectivity index (χ4n) is 3.23. The molecule has 3 heterocycles. The smallest absolute Gasteiger partial charge is 0.322 e. The fraction of sp³-hybridized carbons (Fsp3) is 0.391. The van der Waals surface area contributed by atoms with Crippen molar-refractivity contribution in [1.29, 1.82) is 0 Å². The Hall–Kier alpha value is -2.72. The van der Waals surface area contributed by atoms with Crippen LogP contribution in [-0.2, 0) is 27.2 Å². The van der Waals surface area contributed by atoms with Crippen LogP contribution in [0.2, 0.25) is 5.02 Å². The first-order chi connectivity index (χ1) is 16.0. The van der Waals surface area contributed by atoms with Gasteiger partial charge in [0.1, 0.15) is 11.9 Å². The number of nitrogens with one attached hydrogen (secondary N) is 1. The van der Waals surface area contributed by atoms with E-state index in [0.29, 0.717) is 18.5 Å². The Labute approximate surface area is 196 Å². The third-order valence-electron chi connectivity index (χ3n) is 5.08. The Morgan fingerprint density at radius 2 is 2.12 bits per heavy atom. The molecule has 3 aromatic rings. The van der Waals surface area contributed by atoms with Gasteiger partial charge in [-0.2, -0.15) is 0 Å². The number of esters is 1. The van der Waals surface area contributed by atoms with E-state index in [1.807, 2.05) is 24.3 Å². The standard InChI is InChI=1S/C23H26ClFN4O4/c1-32-23(31)21(28-11-18-19(24)12-26-13-20(18)25)8-10-33-14-17(30)7-6-16-5-4-15-3-2-9-27-22(15)29-16/h2-5,9,12-13,17,21,28,30H,6-8,10-11,14H2,1H3/t17-,21-/m0/s1. The molecule has 0 bridgehead atoms. The molecule has 0 spiro atoms. The van der Waals surface area contributed by atoms with Crippen molar-refractivity contribution in [3.63, 3.8) is 0 Å². The highest BCUT2D eigenvalue weighted by molar-refractivity contribution is 6.31. The number of hydrogen-bond donors (Lipinski definition) is 2. The second-order valence-corrected chi connectivity index (χ2v) is 7.85. The third-order valence-corrected chi connectivity index (χ3v) is 5.41. The minimum atomic E-state index is -0.718. The lowest BCUT2D eigenvalue weighted by Crippen LogP contribution is -2.38. The molecule has 3 aromatic heterocycles. The lowest BCUT2D eigenvalue weighted by atomic mass is 10.1. The fourth-order valence-corrected chi connectivity index (χ4v) is 3.44. The van der Waals surface area contributed by atoms with E-state index in [1.165, 1.54) is 13.3 Å². The van der Waals surface area contributed by atoms with Gasteiger partial charge in [-0.3, -0.25) is 9.78 Å². The summed E-state index contributed by atoms with van der Waals surface area (Å²) in [6, 6.07) is 6.96. The normalized spacial score (nSPS) is 13.1. The van der Waals surface area contributed by atoms with Gasteiger partial charge in [-0.05, 0) is 43.5 Å². The highest BCUT2D eigenvalue weighted by Crippen LogP contribution is 2.17. The van der Waals surface area contributed by atoms with Gasteiger partial charge in [-0.15, -0.1) is 0 Å². The summed E-state index contributed by atoms with van der Waals surface area (Å²) in [4.78, 5) is 24.4. The second-order valence-electron chi connectivity index (χ2n) is 7.45. The molecule has 0 radical (unpaired) electrons. The SMILES string of the molecule is COC(=O)[C@H](CCOC[C@@H](O)CCc1ccc2cccnc2n1)NCc1c(F)cncc1Cl. The molecular formula is C23H26ClFN4O4. The number of aliphatic hydroxyl groups excluding tert-OH is 1. The molecule has 0 aromatic carbocycles. The van der Waals surface area contributed by atoms with Crippen molar-refractivity contribution < 1.29 is 23.8 Å². The lowest BCUT2D eigenvalue weighted by molar-refractivity contribution is -0.143. The number of halogens is 2. The number of methoxy groups -OCH3 is 1. The Morgan fingerprint density at radius 3 is 2.91 bits per heavy atom. The van der Waals surface area contributed by atoms with Crippen molar-refractivity contribution >= 4 is 28.6 Å². The van der Waals surface area contributed by atoms with Crippen LogP contribution in [0.5, 0.6) is 0 Å². The molecule has 0 saturated heterocycles. The van der Waals surface area contributed by atoms with E-state index in [9.17, 15) is 14.3 Å². The summed E-state index contributed by atoms with van der Waals surface area (Å²) in [5.41, 5.74) is 1.74. The molecule has 0 aliphatic heterocycles. The molecule has 2 N–H and O–H groups in total. The van der Waals surface area contributed by atoms with Gasteiger partial charge in [0.05, 0.1) is 31.0 Å². The van der Waals surface area contributed by atoms with Gasteiger partial charge in [-0.1, -0.05) is 11.6 Å². The molecule has 33 heavy (non-hydrogen) atoms. The number of pyridine rings is 3. The number of ether oxygens (including phenoxy) is 2. The van der Waals surface area contributed by atoms with Crippen molar-refractivity contribution in [2.45, 2.75) is 38.0 Å². The third kappa shape index (κ3) is 7.40. The summed E-state index contributed by atoms with van der Waals surface area (Å²) in [6.45, 7) is 0.349. The van der Waals surface area contributed by atoms with Crippen molar-refractivity contribution in [3.05, 3.63) is 65.0 Å². The van der Waals surface area contributed by atoms with Crippen LogP contribution in [0.4, 0.5) is 4.39 Å². The summed E-state index contributed by atoms with van der Waals surface area (Å²) >= 11 is 5.97. The molecule has 0 amide bonds. The number of carbonyl (C=O) groups is 1. The molecule has 10 heteroatoms. The first kappa shape index (κ1) is 24.9. The van der Waals surface area contributed by atoms with E-state index in [1.54, 1.807) is 6.20 Å². The zero-order valence-corrected chi connectivity index (χ0v) is 19.0. The molecule has 3 rings (SSSR count). The molecule has 0 fully saturated rings. The van der Waals surface area contributed by atoms with E-state index in [-0.39, 0.29) is 36.8 Å². The van der Waals surface area contributed by atoms with Crippen molar-refractivity contribution in [1.82, 2.24) is 20.3 Å². The molecule has 0 aliphatic rings. The molecular weight excluding hydrogens is 451 g/mol. The predicted molar refractivity (Wildman–Crippen MR) is 121 cm³/mol. The number of rotatable bonds is 12. The van der Waals surface area contributed by atoms with E-state index in [4.69, 9.17) is 21.1 Å². The van der Waals surface area contributed by atoms with Crippen molar-refractivity contribution in [3.8, 4) is 0 Å². The highest BCUT2D eigenvalue weighted by Gasteiger charge is 2.20.